The van der Waals surface area contributed by atoms with Crippen LogP contribution in [0.3, 0.4) is 0 Å². The van der Waals surface area contributed by atoms with Crippen LogP contribution in [0.1, 0.15) is 13.3 Å². The Hall–Kier alpha value is -0.990. The predicted molar refractivity (Wildman–Crippen MR) is 29.7 cm³/mol. The highest BCUT2D eigenvalue weighted by molar-refractivity contribution is 5.04. The van der Waals surface area contributed by atoms with Gasteiger partial charge in [0.25, 0.3) is 0 Å². The Morgan fingerprint density at radius 3 is 2.75 bits per heavy atom. The minimum atomic E-state index is -0.759. The second kappa shape index (κ2) is 4.18. The summed E-state index contributed by atoms with van der Waals surface area (Å²) in [5, 5.41) is 16.6. The van der Waals surface area contributed by atoms with Crippen LogP contribution in [-0.4, -0.2) is 11.2 Å². The number of hydrogen-bond donors (Lipinski definition) is 1. The van der Waals surface area contributed by atoms with Crippen LogP contribution in [0.15, 0.2) is 0 Å². The molecule has 0 spiro atoms. The second-order valence-corrected chi connectivity index (χ2v) is 1.27. The second-order valence-electron chi connectivity index (χ2n) is 1.27. The van der Waals surface area contributed by atoms with Crippen molar-refractivity contribution < 1.29 is 5.11 Å². The molecule has 8 heavy (non-hydrogen) atoms. The lowest BCUT2D eigenvalue weighted by Gasteiger charge is -1.89. The molecule has 2 nitrogen and oxygen atoms in total. The number of hydrogen-bond acceptors (Lipinski definition) is 2. The zero-order valence-corrected chi connectivity index (χ0v) is 4.68. The third-order valence-corrected chi connectivity index (χ3v) is 0.596. The van der Waals surface area contributed by atoms with E-state index in [0.717, 1.165) is 0 Å². The first-order chi connectivity index (χ1) is 3.81. The van der Waals surface area contributed by atoms with Crippen molar-refractivity contribution in [1.82, 2.24) is 0 Å². The van der Waals surface area contributed by atoms with Crippen molar-refractivity contribution in [2.24, 2.45) is 0 Å². The third kappa shape index (κ3) is 3.21. The molecule has 0 aliphatic heterocycles. The normalized spacial score (nSPS) is 10.6. The van der Waals surface area contributed by atoms with Gasteiger partial charge in [0.2, 0.25) is 0 Å². The first-order valence-corrected chi connectivity index (χ1v) is 2.28. The lowest BCUT2D eigenvalue weighted by molar-refractivity contribution is 0.238. The minimum absolute atomic E-state index is 0.0981. The van der Waals surface area contributed by atoms with Gasteiger partial charge in [-0.1, -0.05) is 5.92 Å². The molecule has 0 radical (unpaired) electrons. The van der Waals surface area contributed by atoms with Gasteiger partial charge in [-0.15, -0.1) is 5.92 Å². The van der Waals surface area contributed by atoms with E-state index in [2.05, 4.69) is 11.8 Å². The van der Waals surface area contributed by atoms with Gasteiger partial charge >= 0.3 is 0 Å². The molecule has 1 unspecified atom stereocenters. The Kier molecular flexibility index (Phi) is 3.66. The number of aliphatic hydroxyl groups is 1. The van der Waals surface area contributed by atoms with E-state index in [9.17, 15) is 0 Å². The number of nitriles is 1. The summed E-state index contributed by atoms with van der Waals surface area (Å²) in [5.41, 5.74) is 0. The van der Waals surface area contributed by atoms with Gasteiger partial charge in [-0.25, -0.2) is 0 Å². The van der Waals surface area contributed by atoms with Crippen LogP contribution in [-0.2, 0) is 0 Å². The summed E-state index contributed by atoms with van der Waals surface area (Å²) in [4.78, 5) is 0. The maximum Gasteiger partial charge on any atom is 0.127 e. The van der Waals surface area contributed by atoms with Crippen LogP contribution in [0.25, 0.3) is 0 Å². The molecule has 0 saturated carbocycles. The Bertz CT molecular complexity index is 146. The average Bonchev–Trinajstić information content (AvgIpc) is 1.68. The first kappa shape index (κ1) is 7.01. The zero-order valence-electron chi connectivity index (χ0n) is 4.68. The van der Waals surface area contributed by atoms with Crippen LogP contribution in [0.2, 0.25) is 0 Å². The topological polar surface area (TPSA) is 44.0 Å². The molecule has 0 aromatic rings. The molecule has 0 fully saturated rings. The van der Waals surface area contributed by atoms with Crippen molar-refractivity contribution in [2.75, 3.05) is 0 Å². The summed E-state index contributed by atoms with van der Waals surface area (Å²) in [5.74, 6) is 4.93. The van der Waals surface area contributed by atoms with Crippen LogP contribution in [0.5, 0.6) is 0 Å². The zero-order chi connectivity index (χ0) is 6.41. The molecule has 0 saturated heterocycles. The van der Waals surface area contributed by atoms with Crippen LogP contribution in [0, 0.1) is 23.2 Å². The van der Waals surface area contributed by atoms with Gasteiger partial charge in [0.1, 0.15) is 6.10 Å². The Balaban J connectivity index is 3.47. The summed E-state index contributed by atoms with van der Waals surface area (Å²) in [6.07, 6.45) is -0.661. The lowest BCUT2D eigenvalue weighted by atomic mass is 10.3. The fourth-order valence-corrected chi connectivity index (χ4v) is 0.304. The quantitative estimate of drug-likeness (QED) is 0.491. The van der Waals surface area contributed by atoms with Gasteiger partial charge < -0.3 is 5.11 Å². The maximum atomic E-state index is 8.65. The van der Waals surface area contributed by atoms with Crippen LogP contribution in [0.4, 0.5) is 0 Å². The summed E-state index contributed by atoms with van der Waals surface area (Å²) in [7, 11) is 0. The van der Waals surface area contributed by atoms with E-state index in [1.165, 1.54) is 0 Å². The van der Waals surface area contributed by atoms with E-state index in [0.29, 0.717) is 0 Å². The predicted octanol–water partition coefficient (Wildman–Crippen LogP) is 0.284. The van der Waals surface area contributed by atoms with Crippen molar-refractivity contribution in [3.63, 3.8) is 0 Å². The molecule has 0 aromatic heterocycles. The van der Waals surface area contributed by atoms with Gasteiger partial charge in [0.05, 0.1) is 12.5 Å². The largest absolute Gasteiger partial charge is 0.379 e. The summed E-state index contributed by atoms with van der Waals surface area (Å²) in [6, 6.07) is 1.80. The molecule has 0 aliphatic rings. The first-order valence-electron chi connectivity index (χ1n) is 2.28. The van der Waals surface area contributed by atoms with Crippen molar-refractivity contribution in [1.29, 1.82) is 5.26 Å². The SMILES string of the molecule is CC#CC(O)CC#N. The van der Waals surface area contributed by atoms with Gasteiger partial charge in [-0.2, -0.15) is 5.26 Å². The van der Waals surface area contributed by atoms with E-state index < -0.39 is 6.10 Å². The van der Waals surface area contributed by atoms with E-state index in [1.54, 1.807) is 13.0 Å². The maximum absolute atomic E-state index is 8.65. The highest BCUT2D eigenvalue weighted by atomic mass is 16.3. The Labute approximate surface area is 48.8 Å². The Morgan fingerprint density at radius 2 is 2.38 bits per heavy atom. The van der Waals surface area contributed by atoms with Crippen molar-refractivity contribution in [3.8, 4) is 17.9 Å². The lowest BCUT2D eigenvalue weighted by Crippen LogP contribution is -1.99. The molecule has 1 atom stereocenters. The average molecular weight is 109 g/mol. The van der Waals surface area contributed by atoms with Crippen LogP contribution < -0.4 is 0 Å². The molecule has 1 N–H and O–H groups in total. The third-order valence-electron chi connectivity index (χ3n) is 0.596. The van der Waals surface area contributed by atoms with Crippen molar-refractivity contribution in [3.05, 3.63) is 0 Å². The van der Waals surface area contributed by atoms with Gasteiger partial charge in [0.15, 0.2) is 0 Å². The molecule has 42 valence electrons. The highest BCUT2D eigenvalue weighted by Crippen LogP contribution is 1.84. The summed E-state index contributed by atoms with van der Waals surface area (Å²) < 4.78 is 0. The van der Waals surface area contributed by atoms with E-state index >= 15 is 0 Å². The molecule has 0 aromatic carbocycles. The van der Waals surface area contributed by atoms with Gasteiger partial charge in [-0.05, 0) is 6.92 Å². The molecule has 0 amide bonds. The van der Waals surface area contributed by atoms with E-state index in [4.69, 9.17) is 10.4 Å². The fraction of sp³-hybridized carbons (Fsp3) is 0.500. The molecule has 0 aliphatic carbocycles. The molecule has 0 rings (SSSR count). The fourth-order valence-electron chi connectivity index (χ4n) is 0.304. The number of aliphatic hydroxyl groups excluding tert-OH is 1. The minimum Gasteiger partial charge on any atom is -0.379 e. The standard InChI is InChI=1S/C6H7NO/c1-2-3-6(8)4-5-7/h6,8H,4H2,1H3. The van der Waals surface area contributed by atoms with Gasteiger partial charge in [0, 0.05) is 0 Å². The van der Waals surface area contributed by atoms with E-state index in [1.807, 2.05) is 0 Å². The van der Waals surface area contributed by atoms with E-state index in [-0.39, 0.29) is 6.42 Å². The monoisotopic (exact) mass is 109 g/mol. The summed E-state index contributed by atoms with van der Waals surface area (Å²) in [6.45, 7) is 1.63. The molecule has 0 bridgehead atoms. The van der Waals surface area contributed by atoms with Gasteiger partial charge in [-0.3, -0.25) is 0 Å². The smallest absolute Gasteiger partial charge is 0.127 e. The highest BCUT2D eigenvalue weighted by Gasteiger charge is 1.92. The number of rotatable bonds is 1. The molecule has 2 heteroatoms. The summed E-state index contributed by atoms with van der Waals surface area (Å²) >= 11 is 0. The van der Waals surface area contributed by atoms with Crippen LogP contribution >= 0.6 is 0 Å². The van der Waals surface area contributed by atoms with Crippen molar-refractivity contribution >= 4 is 0 Å². The molecule has 0 heterocycles. The molecular formula is C6H7NO. The van der Waals surface area contributed by atoms with Crippen molar-refractivity contribution in [2.45, 2.75) is 19.4 Å². The Morgan fingerprint density at radius 1 is 1.75 bits per heavy atom. The molecular weight excluding hydrogens is 102 g/mol. The number of nitrogens with zero attached hydrogens (tertiary/aromatic N) is 1.